The number of para-hydroxylation sites is 1. The Morgan fingerprint density at radius 1 is 1.24 bits per heavy atom. The number of rotatable bonds is 4. The summed E-state index contributed by atoms with van der Waals surface area (Å²) in [6.07, 6.45) is 1.90. The fraction of sp³-hybridized carbons (Fsp3) is 0.238. The highest BCUT2D eigenvalue weighted by molar-refractivity contribution is 5.83. The molecule has 0 amide bonds. The molecule has 0 aliphatic heterocycles. The van der Waals surface area contributed by atoms with E-state index in [0.29, 0.717) is 6.61 Å². The van der Waals surface area contributed by atoms with Gasteiger partial charge >= 0.3 is 5.97 Å². The molecule has 1 atom stereocenters. The Bertz CT molecular complexity index is 933. The molecule has 3 rings (SSSR count). The number of ether oxygens (including phenoxy) is 1. The summed E-state index contributed by atoms with van der Waals surface area (Å²) in [5, 5.41) is 1.14. The molecule has 0 saturated heterocycles. The van der Waals surface area contributed by atoms with Crippen LogP contribution < -0.4 is 0 Å². The van der Waals surface area contributed by atoms with Crippen LogP contribution in [0.4, 0.5) is 0 Å². The van der Waals surface area contributed by atoms with Crippen LogP contribution in [0.5, 0.6) is 0 Å². The quantitative estimate of drug-likeness (QED) is 0.534. The van der Waals surface area contributed by atoms with Gasteiger partial charge in [-0.15, -0.1) is 0 Å². The molecule has 126 valence electrons. The first kappa shape index (κ1) is 16.8. The van der Waals surface area contributed by atoms with E-state index < -0.39 is 0 Å². The first-order valence-electron chi connectivity index (χ1n) is 8.36. The number of hydrogen-bond donors (Lipinski definition) is 0. The third kappa shape index (κ3) is 3.72. The Morgan fingerprint density at radius 2 is 2.04 bits per heavy atom. The average molecular weight is 332 g/mol. The summed E-state index contributed by atoms with van der Waals surface area (Å²) in [5.41, 5.74) is 2.14. The van der Waals surface area contributed by atoms with Crippen LogP contribution in [0.2, 0.25) is 0 Å². The van der Waals surface area contributed by atoms with Crippen LogP contribution in [0.25, 0.3) is 16.7 Å². The lowest BCUT2D eigenvalue weighted by molar-refractivity contribution is -0.141. The van der Waals surface area contributed by atoms with Gasteiger partial charge in [-0.05, 0) is 38.1 Å². The van der Waals surface area contributed by atoms with E-state index in [4.69, 9.17) is 4.74 Å². The van der Waals surface area contributed by atoms with Gasteiger partial charge in [0.05, 0.1) is 18.0 Å². The Balaban J connectivity index is 1.99. The van der Waals surface area contributed by atoms with Gasteiger partial charge in [-0.25, -0.2) is 4.98 Å². The third-order valence-electron chi connectivity index (χ3n) is 3.92. The van der Waals surface area contributed by atoms with Crippen molar-refractivity contribution in [3.63, 3.8) is 0 Å². The summed E-state index contributed by atoms with van der Waals surface area (Å²) < 4.78 is 7.04. The normalized spacial score (nSPS) is 11.6. The van der Waals surface area contributed by atoms with Gasteiger partial charge in [-0.2, -0.15) is 0 Å². The summed E-state index contributed by atoms with van der Waals surface area (Å²) in [6, 6.07) is 16.2. The lowest BCUT2D eigenvalue weighted by atomic mass is 10.1. The molecule has 0 aliphatic carbocycles. The second kappa shape index (κ2) is 7.67. The predicted octanol–water partition coefficient (Wildman–Crippen LogP) is 4.09. The van der Waals surface area contributed by atoms with Crippen molar-refractivity contribution in [2.45, 2.75) is 26.2 Å². The zero-order valence-corrected chi connectivity index (χ0v) is 14.4. The molecule has 0 bridgehead atoms. The number of fused-ring (bicyclic) bond motifs is 1. The minimum atomic E-state index is -0.285. The van der Waals surface area contributed by atoms with E-state index in [1.54, 1.807) is 13.1 Å². The molecule has 2 aromatic heterocycles. The number of nitrogens with zero attached hydrogens (tertiary/aromatic N) is 2. The Kier molecular flexibility index (Phi) is 5.15. The number of aromatic nitrogens is 2. The van der Waals surface area contributed by atoms with Crippen LogP contribution >= 0.6 is 0 Å². The standard InChI is InChI=1S/C21H20N2O2/c1-3-25-21(24)13-8-9-16(2)19-15-17-10-4-5-11-18(17)23(19)20-12-6-7-14-22-20/h4-7,10-12,14-16H,3,13H2,1-2H3/t16-/m0/s1. The summed E-state index contributed by atoms with van der Waals surface area (Å²) in [5.74, 6) is 6.63. The van der Waals surface area contributed by atoms with Crippen LogP contribution in [0, 0.1) is 11.8 Å². The lowest BCUT2D eigenvalue weighted by Crippen LogP contribution is -2.05. The maximum Gasteiger partial charge on any atom is 0.317 e. The molecule has 0 radical (unpaired) electrons. The second-order valence-electron chi connectivity index (χ2n) is 5.68. The summed E-state index contributed by atoms with van der Waals surface area (Å²) in [6.45, 7) is 4.20. The van der Waals surface area contributed by atoms with Gasteiger partial charge in [-0.3, -0.25) is 9.36 Å². The zero-order valence-electron chi connectivity index (χ0n) is 14.4. The van der Waals surface area contributed by atoms with Crippen molar-refractivity contribution < 1.29 is 9.53 Å². The topological polar surface area (TPSA) is 44.1 Å². The van der Waals surface area contributed by atoms with Crippen molar-refractivity contribution >= 4 is 16.9 Å². The van der Waals surface area contributed by atoms with Gasteiger partial charge in [0.15, 0.2) is 0 Å². The Morgan fingerprint density at radius 3 is 2.80 bits per heavy atom. The average Bonchev–Trinajstić information content (AvgIpc) is 3.02. The van der Waals surface area contributed by atoms with E-state index in [0.717, 1.165) is 22.4 Å². The number of hydrogen-bond acceptors (Lipinski definition) is 3. The molecule has 25 heavy (non-hydrogen) atoms. The lowest BCUT2D eigenvalue weighted by Gasteiger charge is -2.12. The van der Waals surface area contributed by atoms with Crippen LogP contribution in [0.3, 0.4) is 0 Å². The van der Waals surface area contributed by atoms with E-state index in [9.17, 15) is 4.79 Å². The summed E-state index contributed by atoms with van der Waals surface area (Å²) >= 11 is 0. The first-order valence-corrected chi connectivity index (χ1v) is 8.36. The minimum Gasteiger partial charge on any atom is -0.465 e. The fourth-order valence-corrected chi connectivity index (χ4v) is 2.80. The molecule has 4 heteroatoms. The van der Waals surface area contributed by atoms with Crippen molar-refractivity contribution in [1.82, 2.24) is 9.55 Å². The SMILES string of the molecule is CCOC(=O)CC#C[C@H](C)c1cc2ccccc2n1-c1ccccn1. The van der Waals surface area contributed by atoms with Gasteiger partial charge < -0.3 is 4.74 Å². The molecule has 4 nitrogen and oxygen atoms in total. The van der Waals surface area contributed by atoms with Gasteiger partial charge in [0, 0.05) is 17.3 Å². The molecule has 0 unspecified atom stereocenters. The Hall–Kier alpha value is -3.06. The van der Waals surface area contributed by atoms with Crippen molar-refractivity contribution in [3.8, 4) is 17.7 Å². The van der Waals surface area contributed by atoms with Gasteiger partial charge in [0.25, 0.3) is 0 Å². The monoisotopic (exact) mass is 332 g/mol. The molecule has 2 heterocycles. The maximum atomic E-state index is 11.5. The largest absolute Gasteiger partial charge is 0.465 e. The molecular weight excluding hydrogens is 312 g/mol. The summed E-state index contributed by atoms with van der Waals surface area (Å²) in [7, 11) is 0. The highest BCUT2D eigenvalue weighted by Crippen LogP contribution is 2.28. The van der Waals surface area contributed by atoms with Crippen LogP contribution in [-0.2, 0) is 9.53 Å². The summed E-state index contributed by atoms with van der Waals surface area (Å²) in [4.78, 5) is 15.9. The number of carbonyl (C=O) groups excluding carboxylic acids is 1. The molecule has 0 aliphatic rings. The van der Waals surface area contributed by atoms with Crippen LogP contribution in [0.15, 0.2) is 54.7 Å². The van der Waals surface area contributed by atoms with Crippen molar-refractivity contribution in [2.75, 3.05) is 6.61 Å². The van der Waals surface area contributed by atoms with Gasteiger partial charge in [0.1, 0.15) is 12.2 Å². The van der Waals surface area contributed by atoms with Crippen molar-refractivity contribution in [3.05, 3.63) is 60.4 Å². The molecule has 0 spiro atoms. The van der Waals surface area contributed by atoms with E-state index in [2.05, 4.69) is 39.6 Å². The van der Waals surface area contributed by atoms with E-state index in [1.165, 1.54) is 0 Å². The van der Waals surface area contributed by atoms with Crippen molar-refractivity contribution in [2.24, 2.45) is 0 Å². The highest BCUT2D eigenvalue weighted by Gasteiger charge is 2.15. The molecule has 0 saturated carbocycles. The number of pyridine rings is 1. The molecule has 0 N–H and O–H groups in total. The third-order valence-corrected chi connectivity index (χ3v) is 3.92. The van der Waals surface area contributed by atoms with E-state index >= 15 is 0 Å². The van der Waals surface area contributed by atoms with E-state index in [-0.39, 0.29) is 18.3 Å². The molecule has 3 aromatic rings. The smallest absolute Gasteiger partial charge is 0.317 e. The van der Waals surface area contributed by atoms with Crippen LogP contribution in [0.1, 0.15) is 31.9 Å². The highest BCUT2D eigenvalue weighted by atomic mass is 16.5. The Labute approximate surface area is 147 Å². The number of carbonyl (C=O) groups is 1. The fourth-order valence-electron chi connectivity index (χ4n) is 2.80. The minimum absolute atomic E-state index is 0.0381. The van der Waals surface area contributed by atoms with Crippen LogP contribution in [-0.4, -0.2) is 22.1 Å². The van der Waals surface area contributed by atoms with Gasteiger partial charge in [-0.1, -0.05) is 36.1 Å². The first-order chi connectivity index (χ1) is 12.2. The molecule has 1 aromatic carbocycles. The molecular formula is C21H20N2O2. The maximum absolute atomic E-state index is 11.5. The number of benzene rings is 1. The van der Waals surface area contributed by atoms with Gasteiger partial charge in [0.2, 0.25) is 0 Å². The predicted molar refractivity (Wildman–Crippen MR) is 98.5 cm³/mol. The zero-order chi connectivity index (χ0) is 17.6. The van der Waals surface area contributed by atoms with E-state index in [1.807, 2.05) is 37.3 Å². The second-order valence-corrected chi connectivity index (χ2v) is 5.68. The molecule has 0 fully saturated rings. The van der Waals surface area contributed by atoms with Crippen molar-refractivity contribution in [1.29, 1.82) is 0 Å². The number of esters is 1.